The zero-order valence-corrected chi connectivity index (χ0v) is 14.9. The molecular weight excluding hydrogens is 372 g/mol. The fourth-order valence-electron chi connectivity index (χ4n) is 2.40. The van der Waals surface area contributed by atoms with Gasteiger partial charge in [0.05, 0.1) is 5.69 Å². The highest BCUT2D eigenvalue weighted by Gasteiger charge is 2.15. The van der Waals surface area contributed by atoms with Gasteiger partial charge >= 0.3 is 0 Å². The molecule has 0 amide bonds. The number of nitrogens with one attached hydrogen (secondary N) is 1. The summed E-state index contributed by atoms with van der Waals surface area (Å²) >= 11 is 1.20. The monoisotopic (exact) mass is 385 g/mol. The minimum absolute atomic E-state index is 0.0737. The van der Waals surface area contributed by atoms with Gasteiger partial charge in [-0.05, 0) is 30.5 Å². The van der Waals surface area contributed by atoms with Crippen molar-refractivity contribution in [1.82, 2.24) is 9.97 Å². The van der Waals surface area contributed by atoms with Crippen molar-refractivity contribution in [3.63, 3.8) is 0 Å². The highest BCUT2D eigenvalue weighted by molar-refractivity contribution is 7.98. The lowest BCUT2D eigenvalue weighted by Gasteiger charge is -2.10. The van der Waals surface area contributed by atoms with Gasteiger partial charge in [-0.3, -0.25) is 4.79 Å². The molecule has 1 N–H and O–H groups in total. The normalized spacial score (nSPS) is 10.4. The Hall–Kier alpha value is -3.18. The van der Waals surface area contributed by atoms with Crippen LogP contribution in [0.5, 0.6) is 5.75 Å². The number of nitriles is 1. The van der Waals surface area contributed by atoms with E-state index in [9.17, 15) is 18.8 Å². The van der Waals surface area contributed by atoms with E-state index in [0.717, 1.165) is 6.07 Å². The van der Waals surface area contributed by atoms with Crippen LogP contribution >= 0.6 is 11.8 Å². The largest absolute Gasteiger partial charge is 0.486 e. The number of benzene rings is 2. The Balaban J connectivity index is 1.92. The lowest BCUT2D eigenvalue weighted by molar-refractivity contribution is 0.285. The van der Waals surface area contributed by atoms with E-state index in [4.69, 9.17) is 4.74 Å². The van der Waals surface area contributed by atoms with Gasteiger partial charge in [0.1, 0.15) is 24.1 Å². The maximum atomic E-state index is 14.4. The predicted molar refractivity (Wildman–Crippen MR) is 97.5 cm³/mol. The second kappa shape index (κ2) is 8.01. The maximum Gasteiger partial charge on any atom is 0.270 e. The number of thioether (sulfide) groups is 1. The Morgan fingerprint density at radius 2 is 2.00 bits per heavy atom. The first-order valence-corrected chi connectivity index (χ1v) is 9.00. The Bertz CT molecular complexity index is 1090. The van der Waals surface area contributed by atoms with Crippen LogP contribution in [0.25, 0.3) is 11.3 Å². The molecule has 0 aliphatic heterocycles. The van der Waals surface area contributed by atoms with Gasteiger partial charge in [-0.1, -0.05) is 30.0 Å². The van der Waals surface area contributed by atoms with E-state index in [1.807, 2.05) is 0 Å². The number of hydrogen-bond donors (Lipinski definition) is 1. The van der Waals surface area contributed by atoms with Crippen LogP contribution in [-0.2, 0) is 6.61 Å². The van der Waals surface area contributed by atoms with Crippen LogP contribution in [0.3, 0.4) is 0 Å². The molecule has 0 unspecified atom stereocenters. The van der Waals surface area contributed by atoms with Crippen molar-refractivity contribution in [3.05, 3.63) is 75.6 Å². The van der Waals surface area contributed by atoms with Crippen molar-refractivity contribution in [3.8, 4) is 23.1 Å². The quantitative estimate of drug-likeness (QED) is 0.533. The minimum Gasteiger partial charge on any atom is -0.486 e. The van der Waals surface area contributed by atoms with Crippen molar-refractivity contribution >= 4 is 11.8 Å². The fraction of sp³-hybridized carbons (Fsp3) is 0.105. The summed E-state index contributed by atoms with van der Waals surface area (Å²) in [5.74, 6) is -1.22. The molecule has 8 heteroatoms. The lowest BCUT2D eigenvalue weighted by Crippen LogP contribution is -2.14. The molecule has 0 atom stereocenters. The van der Waals surface area contributed by atoms with Gasteiger partial charge in [0.25, 0.3) is 5.56 Å². The summed E-state index contributed by atoms with van der Waals surface area (Å²) in [5, 5.41) is 9.53. The van der Waals surface area contributed by atoms with Gasteiger partial charge in [0.15, 0.2) is 16.7 Å². The molecule has 5 nitrogen and oxygen atoms in total. The van der Waals surface area contributed by atoms with Crippen molar-refractivity contribution in [1.29, 1.82) is 5.26 Å². The van der Waals surface area contributed by atoms with Crippen LogP contribution in [0.1, 0.15) is 11.1 Å². The molecule has 0 aliphatic carbocycles. The van der Waals surface area contributed by atoms with Crippen LogP contribution in [0.4, 0.5) is 8.78 Å². The summed E-state index contributed by atoms with van der Waals surface area (Å²) in [7, 11) is 0. The number of rotatable bonds is 5. The Morgan fingerprint density at radius 3 is 2.67 bits per heavy atom. The zero-order valence-electron chi connectivity index (χ0n) is 14.1. The lowest BCUT2D eigenvalue weighted by atomic mass is 10.1. The van der Waals surface area contributed by atoms with E-state index < -0.39 is 17.2 Å². The molecule has 3 aromatic rings. The molecular formula is C19H13F2N3O2S. The number of H-pyrrole nitrogens is 1. The molecule has 0 radical (unpaired) electrons. The fourth-order valence-corrected chi connectivity index (χ4v) is 2.78. The van der Waals surface area contributed by atoms with Crippen LogP contribution in [-0.4, -0.2) is 16.2 Å². The van der Waals surface area contributed by atoms with Crippen molar-refractivity contribution in [2.75, 3.05) is 6.26 Å². The van der Waals surface area contributed by atoms with E-state index in [0.29, 0.717) is 10.7 Å². The second-order valence-electron chi connectivity index (χ2n) is 5.44. The van der Waals surface area contributed by atoms with E-state index >= 15 is 0 Å². The molecule has 0 bridgehead atoms. The Labute approximate surface area is 157 Å². The summed E-state index contributed by atoms with van der Waals surface area (Å²) in [6.45, 7) is -0.133. The number of halogens is 2. The molecule has 3 rings (SSSR count). The van der Waals surface area contributed by atoms with E-state index in [1.165, 1.54) is 30.0 Å². The number of ether oxygens (including phenoxy) is 1. The van der Waals surface area contributed by atoms with Gasteiger partial charge in [-0.2, -0.15) is 5.26 Å². The van der Waals surface area contributed by atoms with Gasteiger partial charge in [-0.25, -0.2) is 13.8 Å². The molecule has 2 aromatic carbocycles. The molecule has 136 valence electrons. The summed E-state index contributed by atoms with van der Waals surface area (Å²) in [6, 6.07) is 11.8. The van der Waals surface area contributed by atoms with Crippen LogP contribution in [0.15, 0.2) is 52.4 Å². The molecule has 0 saturated carbocycles. The topological polar surface area (TPSA) is 78.8 Å². The first-order valence-electron chi connectivity index (χ1n) is 7.78. The molecule has 1 aromatic heterocycles. The number of hydrogen-bond acceptors (Lipinski definition) is 5. The van der Waals surface area contributed by atoms with Crippen molar-refractivity contribution in [2.45, 2.75) is 11.8 Å². The summed E-state index contributed by atoms with van der Waals surface area (Å²) in [6.07, 6.45) is 1.72. The van der Waals surface area contributed by atoms with E-state index in [-0.39, 0.29) is 29.2 Å². The molecule has 0 spiro atoms. The highest BCUT2D eigenvalue weighted by Crippen LogP contribution is 2.27. The molecule has 27 heavy (non-hydrogen) atoms. The third kappa shape index (κ3) is 3.99. The maximum absolute atomic E-state index is 14.4. The zero-order chi connectivity index (χ0) is 19.4. The predicted octanol–water partition coefficient (Wildman–Crippen LogP) is 3.89. The molecule has 0 fully saturated rings. The van der Waals surface area contributed by atoms with Crippen LogP contribution in [0, 0.1) is 23.0 Å². The Kier molecular flexibility index (Phi) is 5.52. The van der Waals surface area contributed by atoms with E-state index in [2.05, 4.69) is 9.97 Å². The number of nitrogens with zero attached hydrogens (tertiary/aromatic N) is 2. The summed E-state index contributed by atoms with van der Waals surface area (Å²) in [5.41, 5.74) is -0.137. The number of aromatic amines is 1. The van der Waals surface area contributed by atoms with Crippen LogP contribution < -0.4 is 10.3 Å². The molecule has 0 saturated heterocycles. The van der Waals surface area contributed by atoms with Crippen molar-refractivity contribution < 1.29 is 13.5 Å². The summed E-state index contributed by atoms with van der Waals surface area (Å²) < 4.78 is 33.4. The van der Waals surface area contributed by atoms with Crippen molar-refractivity contribution in [2.24, 2.45) is 0 Å². The van der Waals surface area contributed by atoms with E-state index in [1.54, 1.807) is 30.5 Å². The highest BCUT2D eigenvalue weighted by atomic mass is 32.2. The van der Waals surface area contributed by atoms with Gasteiger partial charge in [0.2, 0.25) is 0 Å². The molecule has 0 aliphatic rings. The first kappa shape index (κ1) is 18.6. The third-order valence-corrected chi connectivity index (χ3v) is 4.33. The SMILES string of the molecule is CSc1nc(-c2ccc(OCc3ccccc3F)c(F)c2)c(C#N)c(=O)[nH]1. The van der Waals surface area contributed by atoms with Gasteiger partial charge in [0, 0.05) is 11.1 Å². The standard InChI is InChI=1S/C19H13F2N3O2S/c1-27-19-23-17(13(9-22)18(25)24-19)11-6-7-16(15(21)8-11)26-10-12-4-2-3-5-14(12)20/h2-8H,10H2,1H3,(H,23,24,25). The third-order valence-electron chi connectivity index (χ3n) is 3.75. The summed E-state index contributed by atoms with van der Waals surface area (Å²) in [4.78, 5) is 18.7. The number of aromatic nitrogens is 2. The second-order valence-corrected chi connectivity index (χ2v) is 6.23. The van der Waals surface area contributed by atoms with Gasteiger partial charge < -0.3 is 9.72 Å². The average Bonchev–Trinajstić information content (AvgIpc) is 2.67. The Morgan fingerprint density at radius 1 is 1.22 bits per heavy atom. The smallest absolute Gasteiger partial charge is 0.270 e. The first-order chi connectivity index (χ1) is 13.0. The van der Waals surface area contributed by atoms with Crippen LogP contribution in [0.2, 0.25) is 0 Å². The molecule has 1 heterocycles. The average molecular weight is 385 g/mol. The van der Waals surface area contributed by atoms with Gasteiger partial charge in [-0.15, -0.1) is 0 Å². The minimum atomic E-state index is -0.708.